The largest absolute Gasteiger partial charge is 0.466 e. The van der Waals surface area contributed by atoms with Crippen LogP contribution in [0.2, 0.25) is 0 Å². The highest BCUT2D eigenvalue weighted by atomic mass is 16.5. The van der Waals surface area contributed by atoms with Crippen molar-refractivity contribution in [3.8, 4) is 0 Å². The average Bonchev–Trinajstić information content (AvgIpc) is 3.10. The minimum Gasteiger partial charge on any atom is -0.466 e. The quantitative estimate of drug-likeness (QED) is 0.0506. The number of hydrogen-bond donors (Lipinski definition) is 1. The molecule has 0 radical (unpaired) electrons. The standard InChI is InChI=1S/C44H87NO5/c1-6-9-12-13-14-18-28-39-49-42(47)32-20-16-15-17-24-35-45(37-26-27-38-46)36-25-19-23-34-44(4,5)40-50-43(48)33-22-21-31-41(29-10-7-2)30-11-8-3/h41,46H,6-40H2,1-5H3. The number of unbranched alkanes of at least 4 members (excludes halogenated alkanes) is 16. The minimum atomic E-state index is -0.0232. The molecule has 0 rings (SSSR count). The van der Waals surface area contributed by atoms with Gasteiger partial charge in [0, 0.05) is 19.4 Å². The average molecular weight is 710 g/mol. The molecule has 0 spiro atoms. The van der Waals surface area contributed by atoms with Gasteiger partial charge >= 0.3 is 11.9 Å². The molecule has 0 saturated carbocycles. The Balaban J connectivity index is 4.04. The van der Waals surface area contributed by atoms with Crippen LogP contribution in [0.25, 0.3) is 0 Å². The van der Waals surface area contributed by atoms with Crippen molar-refractivity contribution in [2.45, 2.75) is 221 Å². The van der Waals surface area contributed by atoms with E-state index in [0.717, 1.165) is 83.3 Å². The molecule has 0 saturated heterocycles. The van der Waals surface area contributed by atoms with Gasteiger partial charge in [-0.3, -0.25) is 9.59 Å². The van der Waals surface area contributed by atoms with Gasteiger partial charge in [-0.1, -0.05) is 157 Å². The second-order valence-electron chi connectivity index (χ2n) is 16.2. The van der Waals surface area contributed by atoms with Crippen molar-refractivity contribution in [2.75, 3.05) is 39.5 Å². The van der Waals surface area contributed by atoms with E-state index in [9.17, 15) is 14.7 Å². The fourth-order valence-corrected chi connectivity index (χ4v) is 6.89. The summed E-state index contributed by atoms with van der Waals surface area (Å²) in [4.78, 5) is 27.1. The molecule has 0 aromatic rings. The molecule has 1 N–H and O–H groups in total. The third kappa shape index (κ3) is 34.0. The SMILES string of the molecule is CCCCCCCCCOC(=O)CCCCCCCN(CCCCO)CCCCCC(C)(C)COC(=O)CCCCC(CCCC)CCCC. The minimum absolute atomic E-state index is 0.0200. The lowest BCUT2D eigenvalue weighted by Gasteiger charge is -2.25. The number of aliphatic hydroxyl groups excluding tert-OH is 1. The maximum atomic E-state index is 12.4. The lowest BCUT2D eigenvalue weighted by atomic mass is 9.88. The zero-order valence-corrected chi connectivity index (χ0v) is 34.4. The van der Waals surface area contributed by atoms with Crippen LogP contribution in [0.5, 0.6) is 0 Å². The summed E-state index contributed by atoms with van der Waals surface area (Å²) in [5.74, 6) is 0.790. The van der Waals surface area contributed by atoms with E-state index in [4.69, 9.17) is 9.47 Å². The molecule has 298 valence electrons. The molecule has 0 aliphatic carbocycles. The summed E-state index contributed by atoms with van der Waals surface area (Å²) in [6, 6.07) is 0. The van der Waals surface area contributed by atoms with Crippen LogP contribution in [0.15, 0.2) is 0 Å². The summed E-state index contributed by atoms with van der Waals surface area (Å²) in [7, 11) is 0. The molecule has 0 aliphatic heterocycles. The molecular formula is C44H87NO5. The third-order valence-corrected chi connectivity index (χ3v) is 10.4. The van der Waals surface area contributed by atoms with Gasteiger partial charge in [0.2, 0.25) is 0 Å². The van der Waals surface area contributed by atoms with Gasteiger partial charge in [0.15, 0.2) is 0 Å². The van der Waals surface area contributed by atoms with Gasteiger partial charge in [-0.15, -0.1) is 0 Å². The van der Waals surface area contributed by atoms with Crippen molar-refractivity contribution in [2.24, 2.45) is 11.3 Å². The van der Waals surface area contributed by atoms with Crippen molar-refractivity contribution >= 4 is 11.9 Å². The Bertz CT molecular complexity index is 734. The number of nitrogens with zero attached hydrogens (tertiary/aromatic N) is 1. The highest BCUT2D eigenvalue weighted by Gasteiger charge is 2.20. The number of carbonyl (C=O) groups excluding carboxylic acids is 2. The van der Waals surface area contributed by atoms with Crippen molar-refractivity contribution in [3.63, 3.8) is 0 Å². The predicted molar refractivity (Wildman–Crippen MR) is 214 cm³/mol. The molecule has 0 amide bonds. The third-order valence-electron chi connectivity index (χ3n) is 10.4. The lowest BCUT2D eigenvalue weighted by Crippen LogP contribution is -2.27. The van der Waals surface area contributed by atoms with Gasteiger partial charge in [0.05, 0.1) is 13.2 Å². The number of hydrogen-bond acceptors (Lipinski definition) is 6. The Kier molecular flexibility index (Phi) is 35.4. The monoisotopic (exact) mass is 710 g/mol. The maximum Gasteiger partial charge on any atom is 0.305 e. The maximum absolute atomic E-state index is 12.4. The summed E-state index contributed by atoms with van der Waals surface area (Å²) in [5, 5.41) is 9.27. The number of esters is 2. The molecule has 6 heteroatoms. The summed E-state index contributed by atoms with van der Waals surface area (Å²) in [6.45, 7) is 15.9. The van der Waals surface area contributed by atoms with E-state index in [2.05, 4.69) is 39.5 Å². The first-order valence-electron chi connectivity index (χ1n) is 21.9. The highest BCUT2D eigenvalue weighted by Crippen LogP contribution is 2.25. The van der Waals surface area contributed by atoms with Gasteiger partial charge in [0.1, 0.15) is 0 Å². The van der Waals surface area contributed by atoms with E-state index in [-0.39, 0.29) is 24.0 Å². The fourth-order valence-electron chi connectivity index (χ4n) is 6.89. The van der Waals surface area contributed by atoms with Gasteiger partial charge in [-0.2, -0.15) is 0 Å². The Hall–Kier alpha value is -1.14. The van der Waals surface area contributed by atoms with Crippen LogP contribution in [-0.2, 0) is 19.1 Å². The van der Waals surface area contributed by atoms with E-state index in [1.165, 1.54) is 116 Å². The molecule has 6 nitrogen and oxygen atoms in total. The summed E-state index contributed by atoms with van der Waals surface area (Å²) >= 11 is 0. The van der Waals surface area contributed by atoms with E-state index < -0.39 is 0 Å². The van der Waals surface area contributed by atoms with Crippen LogP contribution in [0.3, 0.4) is 0 Å². The van der Waals surface area contributed by atoms with Crippen LogP contribution in [0, 0.1) is 11.3 Å². The van der Waals surface area contributed by atoms with Crippen LogP contribution in [0.4, 0.5) is 0 Å². The highest BCUT2D eigenvalue weighted by molar-refractivity contribution is 5.69. The normalized spacial score (nSPS) is 11.9. The van der Waals surface area contributed by atoms with E-state index in [0.29, 0.717) is 26.1 Å². The molecule has 0 aromatic carbocycles. The summed E-state index contributed by atoms with van der Waals surface area (Å²) < 4.78 is 11.2. The molecule has 0 aromatic heterocycles. The predicted octanol–water partition coefficient (Wildman–Crippen LogP) is 12.4. The van der Waals surface area contributed by atoms with Crippen LogP contribution >= 0.6 is 0 Å². The van der Waals surface area contributed by atoms with Gasteiger partial charge in [0.25, 0.3) is 0 Å². The molecule has 0 fully saturated rings. The number of rotatable bonds is 39. The molecular weight excluding hydrogens is 622 g/mol. The Morgan fingerprint density at radius 2 is 1.00 bits per heavy atom. The van der Waals surface area contributed by atoms with Crippen molar-refractivity contribution in [1.29, 1.82) is 0 Å². The fraction of sp³-hybridized carbons (Fsp3) is 0.955. The molecule has 0 bridgehead atoms. The molecule has 0 unspecified atom stereocenters. The van der Waals surface area contributed by atoms with Crippen molar-refractivity contribution < 1.29 is 24.2 Å². The van der Waals surface area contributed by atoms with Crippen molar-refractivity contribution in [1.82, 2.24) is 4.90 Å². The number of aliphatic hydroxyl groups is 1. The summed E-state index contributed by atoms with van der Waals surface area (Å²) in [5.41, 5.74) is 0.0200. The Morgan fingerprint density at radius 1 is 0.540 bits per heavy atom. The first-order valence-corrected chi connectivity index (χ1v) is 21.9. The van der Waals surface area contributed by atoms with E-state index in [1.54, 1.807) is 0 Å². The molecule has 0 heterocycles. The zero-order valence-electron chi connectivity index (χ0n) is 34.4. The smallest absolute Gasteiger partial charge is 0.305 e. The number of carbonyl (C=O) groups is 2. The number of ether oxygens (including phenoxy) is 2. The van der Waals surface area contributed by atoms with Crippen molar-refractivity contribution in [3.05, 3.63) is 0 Å². The van der Waals surface area contributed by atoms with E-state index >= 15 is 0 Å². The lowest BCUT2D eigenvalue weighted by molar-refractivity contribution is -0.147. The molecule has 50 heavy (non-hydrogen) atoms. The summed E-state index contributed by atoms with van der Waals surface area (Å²) in [6.07, 6.45) is 33.2. The van der Waals surface area contributed by atoms with Gasteiger partial charge in [-0.25, -0.2) is 0 Å². The topological polar surface area (TPSA) is 76.1 Å². The van der Waals surface area contributed by atoms with Crippen LogP contribution in [0.1, 0.15) is 221 Å². The molecule has 0 atom stereocenters. The van der Waals surface area contributed by atoms with Crippen LogP contribution < -0.4 is 0 Å². The van der Waals surface area contributed by atoms with Gasteiger partial charge in [-0.05, 0) is 82.3 Å². The molecule has 0 aliphatic rings. The Labute approximate surface area is 312 Å². The first-order chi connectivity index (χ1) is 24.3. The Morgan fingerprint density at radius 3 is 1.60 bits per heavy atom. The zero-order chi connectivity index (χ0) is 37.0. The second kappa shape index (κ2) is 36.2. The first kappa shape index (κ1) is 48.9. The second-order valence-corrected chi connectivity index (χ2v) is 16.2. The van der Waals surface area contributed by atoms with Gasteiger partial charge < -0.3 is 19.5 Å². The van der Waals surface area contributed by atoms with Crippen LogP contribution in [-0.4, -0.2) is 61.4 Å². The van der Waals surface area contributed by atoms with E-state index in [1.807, 2.05) is 0 Å².